The van der Waals surface area contributed by atoms with Crippen LogP contribution in [0.15, 0.2) is 231 Å². The predicted octanol–water partition coefficient (Wildman–Crippen LogP) is 13.6. The molecule has 11 aromatic carbocycles. The highest BCUT2D eigenvalue weighted by molar-refractivity contribution is 8.13. The third kappa shape index (κ3) is 31.5. The average Bonchev–Trinajstić information content (AvgIpc) is 1.80. The standard InChI is InChI=1S/C18H20N2O6S.C18H19NO5S.2C17H17NO5S.C8H7ClO4S.C8H8O2.C7H7NO2.ClHO3S/c1-12-4-6-14(9-15(12)18(21)20(2)24-3)27(22,23)19-10-13-5-7-16-17(8-13)26-11-25-16;1-3-16(20)15-9-14(6-4-12(15)2)25(21,22)19-10-13-5-7-17-18(8-13)24-11-23-17;1-11-3-5-13(8-14(11)17(19)20)24(2,21)18-9-12-4-6-15-16(7-12)23-10-22-15;1-11-3-5-14(8-15(11)12(2)19)24(20,21)18-9-13-4-6-16-17(7-13)23-10-22-16;1-5-2-3-6(14(9,12)13)4-7(5)8(10)11;1-6-4-2-3-5-7(6)8(9)10;8-5-1-2-6-7(3-5)10-4-9-6;1-5(2,3)4/h4-9,19H,10-11H2,1-3H3;4-9,19H,3,10-11H2,1-2H3;3-8H,2,9-10H2,1H3,(H,18,21)(H,19,20);3-8,18H,9-10H2,1-2H3;2-4H,1H3,(H,10,11);2-5H,1H3,(H,9,10);1-3H,4,8H2;(H,2,3,4). The summed E-state index contributed by atoms with van der Waals surface area (Å²) in [4.78, 5) is 73.4. The number of nitrogens with zero attached hydrogens (tertiary/aromatic N) is 1. The molecule has 11 aromatic rings. The van der Waals surface area contributed by atoms with Crippen LogP contribution in [-0.2, 0) is 89.2 Å². The number of carboxylic acids is 3. The number of Topliss-reactive ketones (excluding diaryl/α,β-unsaturated/α-hetero) is 2. The van der Waals surface area contributed by atoms with E-state index in [1.807, 2.05) is 18.2 Å². The van der Waals surface area contributed by atoms with Crippen LogP contribution in [0.3, 0.4) is 0 Å². The monoisotopic (exact) mass is 2070 g/mol. The van der Waals surface area contributed by atoms with Crippen molar-refractivity contribution in [2.75, 3.05) is 53.9 Å². The summed E-state index contributed by atoms with van der Waals surface area (Å²) in [6.07, 6.45) is 0.328. The van der Waals surface area contributed by atoms with Crippen LogP contribution in [0.1, 0.15) is 138 Å². The molecule has 38 nitrogen and oxygen atoms in total. The fourth-order valence-corrected chi connectivity index (χ4v) is 17.7. The second kappa shape index (κ2) is 48.2. The van der Waals surface area contributed by atoms with Gasteiger partial charge < -0.3 is 68.4 Å². The molecule has 0 spiro atoms. The van der Waals surface area contributed by atoms with E-state index in [4.69, 9.17) is 91.8 Å². The van der Waals surface area contributed by atoms with Gasteiger partial charge in [-0.15, -0.1) is 0 Å². The van der Waals surface area contributed by atoms with Gasteiger partial charge in [0.25, 0.3) is 15.0 Å². The zero-order valence-corrected chi connectivity index (χ0v) is 82.3. The lowest BCUT2D eigenvalue weighted by molar-refractivity contribution is -0.0757. The van der Waals surface area contributed by atoms with E-state index in [1.165, 1.54) is 75.7 Å². The summed E-state index contributed by atoms with van der Waals surface area (Å²) in [5.74, 6) is 6.49. The maximum atomic E-state index is 12.8. The molecule has 0 aliphatic carbocycles. The fraction of sp³-hybridized carbons (Fsp3) is 0.215. The molecule has 1 unspecified atom stereocenters. The van der Waals surface area contributed by atoms with E-state index in [9.17, 15) is 71.8 Å². The first-order valence-corrected chi connectivity index (χ1v) is 51.7. The number of nitrogens with one attached hydrogen (secondary N) is 4. The van der Waals surface area contributed by atoms with Crippen molar-refractivity contribution in [2.24, 2.45) is 0 Å². The predicted molar refractivity (Wildman–Crippen MR) is 512 cm³/mol. The van der Waals surface area contributed by atoms with E-state index in [2.05, 4.69) is 35.4 Å². The number of nitrogen functional groups attached to an aromatic ring is 1. The van der Waals surface area contributed by atoms with Gasteiger partial charge >= 0.3 is 27.2 Å². The first-order chi connectivity index (χ1) is 65.3. The maximum absolute atomic E-state index is 12.8. The molecule has 0 bridgehead atoms. The number of rotatable bonds is 25. The van der Waals surface area contributed by atoms with Gasteiger partial charge in [0.05, 0.1) is 53.1 Å². The number of nitrogens with two attached hydrogens (primary N) is 1. The van der Waals surface area contributed by atoms with Gasteiger partial charge in [-0.1, -0.05) is 79.7 Å². The third-order valence-electron chi connectivity index (χ3n) is 20.3. The first-order valence-electron chi connectivity index (χ1n) is 40.9. The van der Waals surface area contributed by atoms with E-state index >= 15 is 0 Å². The highest BCUT2D eigenvalue weighted by atomic mass is 35.7. The SMILES string of the molecule is C=S(=O)(NCc1ccc2c(c1)OCO2)c1ccc(C)c(C(=O)O)c1.CC(=O)c1cc(S(=O)(=O)NCc2ccc3c(c2)OCO3)ccc1C.CCC(=O)c1cc(S(=O)(=O)NCc2ccc3c(c2)OCO3)ccc1C.CON(C)C(=O)c1cc(S(=O)(=O)NCc2ccc3c(c2)OCO3)ccc1C.Cc1ccc(S(=O)(=O)Cl)cc1C(=O)O.Cc1ccccc1C(=O)O.Nc1ccc2c(c1)OCO2.O=S(=O)(O)Cl. The van der Waals surface area contributed by atoms with Gasteiger partial charge in [0.2, 0.25) is 64.0 Å². The molecule has 46 heteroatoms. The van der Waals surface area contributed by atoms with Crippen molar-refractivity contribution in [1.29, 1.82) is 0 Å². The second-order valence-corrected chi connectivity index (χ2v) is 42.1. The molecular formula is C93H96Cl2N6O32S6. The number of hydrogen-bond acceptors (Lipinski definition) is 29. The minimum atomic E-state index is -4.19. The molecule has 5 heterocycles. The maximum Gasteiger partial charge on any atom is 0.353 e. The number of anilines is 1. The van der Waals surface area contributed by atoms with Gasteiger partial charge in [-0.25, -0.2) is 76.2 Å². The summed E-state index contributed by atoms with van der Waals surface area (Å²) < 4.78 is 198. The van der Waals surface area contributed by atoms with E-state index < -0.39 is 82.0 Å². The Morgan fingerprint density at radius 3 is 0.993 bits per heavy atom. The Balaban J connectivity index is 0.000000184. The van der Waals surface area contributed by atoms with Gasteiger partial charge in [0.1, 0.15) is 0 Å². The summed E-state index contributed by atoms with van der Waals surface area (Å²) in [7, 11) is -10.2. The number of amides is 1. The van der Waals surface area contributed by atoms with Crippen LogP contribution >= 0.6 is 21.4 Å². The summed E-state index contributed by atoms with van der Waals surface area (Å²) in [6.45, 7) is 15.1. The van der Waals surface area contributed by atoms with Crippen LogP contribution in [0.5, 0.6) is 57.5 Å². The lowest BCUT2D eigenvalue weighted by Crippen LogP contribution is -2.27. The largest absolute Gasteiger partial charge is 0.478 e. The number of aromatic carboxylic acids is 3. The number of fused-ring (bicyclic) bond motifs is 5. The Kier molecular flexibility index (Phi) is 37.9. The Morgan fingerprint density at radius 2 is 0.655 bits per heavy atom. The first kappa shape index (κ1) is 109. The van der Waals surface area contributed by atoms with Crippen LogP contribution in [0.25, 0.3) is 0 Å². The Labute approximate surface area is 811 Å². The number of hydroxylamine groups is 2. The zero-order chi connectivity index (χ0) is 102. The molecule has 0 radical (unpaired) electrons. The smallest absolute Gasteiger partial charge is 0.353 e. The van der Waals surface area contributed by atoms with E-state index in [0.29, 0.717) is 110 Å². The highest BCUT2D eigenvalue weighted by Gasteiger charge is 2.27. The van der Waals surface area contributed by atoms with Crippen LogP contribution < -0.4 is 72.0 Å². The van der Waals surface area contributed by atoms with Crippen LogP contribution in [0.2, 0.25) is 0 Å². The molecular weight excluding hydrogens is 1980 g/mol. The molecule has 5 aliphatic heterocycles. The number of carbonyl (C=O) groups is 6. The Morgan fingerprint density at radius 1 is 0.374 bits per heavy atom. The average molecular weight is 2070 g/mol. The van der Waals surface area contributed by atoms with Crippen molar-refractivity contribution in [3.63, 3.8) is 0 Å². The number of benzene rings is 11. The molecule has 0 saturated heterocycles. The van der Waals surface area contributed by atoms with Gasteiger partial charge in [-0.3, -0.25) is 23.8 Å². The molecule has 1 atom stereocenters. The number of sulfonamides is 3. The van der Waals surface area contributed by atoms with E-state index in [1.54, 1.807) is 176 Å². The molecule has 139 heavy (non-hydrogen) atoms. The van der Waals surface area contributed by atoms with Gasteiger partial charge in [0.15, 0.2) is 69.1 Å². The minimum Gasteiger partial charge on any atom is -0.478 e. The van der Waals surface area contributed by atoms with Crippen molar-refractivity contribution >= 4 is 126 Å². The summed E-state index contributed by atoms with van der Waals surface area (Å²) >= 11 is 0. The third-order valence-corrected chi connectivity index (χ3v) is 27.5. The summed E-state index contributed by atoms with van der Waals surface area (Å²) in [5.41, 5.74) is 14.9. The van der Waals surface area contributed by atoms with Gasteiger partial charge in [-0.05, 0) is 237 Å². The number of halogens is 2. The molecule has 0 fully saturated rings. The number of ketones is 2. The van der Waals surface area contributed by atoms with Crippen molar-refractivity contribution in [1.82, 2.24) is 24.0 Å². The zero-order valence-electron chi connectivity index (χ0n) is 75.9. The molecule has 0 aromatic heterocycles. The lowest BCUT2D eigenvalue weighted by Gasteiger charge is -2.16. The van der Waals surface area contributed by atoms with Crippen molar-refractivity contribution in [2.45, 2.75) is 112 Å². The van der Waals surface area contributed by atoms with Crippen molar-refractivity contribution in [3.8, 4) is 57.5 Å². The molecule has 740 valence electrons. The molecule has 16 rings (SSSR count). The summed E-state index contributed by atoms with van der Waals surface area (Å²) in [5, 5.41) is 27.5. The minimum absolute atomic E-state index is 0.00157. The number of hydrogen-bond donors (Lipinski definition) is 9. The Hall–Kier alpha value is -13.5. The number of carbonyl (C=O) groups excluding carboxylic acids is 3. The van der Waals surface area contributed by atoms with E-state index in [0.717, 1.165) is 61.6 Å². The van der Waals surface area contributed by atoms with Crippen LogP contribution in [0, 0.1) is 41.5 Å². The second-order valence-electron chi connectivity index (χ2n) is 30.1. The number of aryl methyl sites for hydroxylation is 6. The lowest BCUT2D eigenvalue weighted by atomic mass is 10.0. The molecule has 5 aliphatic rings. The van der Waals surface area contributed by atoms with Crippen LogP contribution in [0.4, 0.5) is 5.69 Å². The molecule has 10 N–H and O–H groups in total. The quantitative estimate of drug-likeness (QED) is 0.00641. The molecule has 0 saturated carbocycles. The Bertz CT molecular complexity index is 7040. The summed E-state index contributed by atoms with van der Waals surface area (Å²) in [6, 6.07) is 55.3. The van der Waals surface area contributed by atoms with Gasteiger partial charge in [-0.2, -0.15) is 8.42 Å². The van der Waals surface area contributed by atoms with Crippen molar-refractivity contribution < 1.29 is 147 Å². The highest BCUT2D eigenvalue weighted by Crippen LogP contribution is 2.38. The number of ether oxygens (including phenoxy) is 10. The number of carboxylic acid groups (broad SMARTS) is 3. The topological polar surface area (TPSA) is 550 Å². The van der Waals surface area contributed by atoms with Gasteiger partial charge in [0, 0.05) is 94.4 Å². The fourth-order valence-electron chi connectivity index (χ4n) is 12.7. The van der Waals surface area contributed by atoms with Crippen LogP contribution in [-0.4, -0.2) is 161 Å². The van der Waals surface area contributed by atoms with E-state index in [-0.39, 0.29) is 94.6 Å². The van der Waals surface area contributed by atoms with Crippen molar-refractivity contribution in [3.05, 3.63) is 295 Å². The normalized spacial score (nSPS) is 12.9. The molecule has 1 amide bonds.